The third-order valence-corrected chi connectivity index (χ3v) is 2.13. The molecule has 1 unspecified atom stereocenters. The van der Waals surface area contributed by atoms with E-state index < -0.39 is 0 Å². The van der Waals surface area contributed by atoms with Gasteiger partial charge in [-0.05, 0) is 12.8 Å². The maximum Gasteiger partial charge on any atom is 0.241 e. The molecule has 1 atom stereocenters. The van der Waals surface area contributed by atoms with Crippen LogP contribution in [0, 0.1) is 0 Å². The van der Waals surface area contributed by atoms with Gasteiger partial charge in [0.15, 0.2) is 0 Å². The van der Waals surface area contributed by atoms with Crippen LogP contribution in [0.15, 0.2) is 6.33 Å². The van der Waals surface area contributed by atoms with Gasteiger partial charge in [0.1, 0.15) is 12.9 Å². The molecule has 90 valence electrons. The predicted octanol–water partition coefficient (Wildman–Crippen LogP) is -0.862. The molecule has 1 aromatic rings. The van der Waals surface area contributed by atoms with Crippen molar-refractivity contribution in [2.75, 3.05) is 12.3 Å². The zero-order chi connectivity index (χ0) is 12.0. The van der Waals surface area contributed by atoms with Gasteiger partial charge in [-0.15, -0.1) is 5.10 Å². The van der Waals surface area contributed by atoms with E-state index in [1.807, 2.05) is 6.92 Å². The van der Waals surface area contributed by atoms with Crippen LogP contribution in [0.3, 0.4) is 0 Å². The van der Waals surface area contributed by atoms with Crippen molar-refractivity contribution in [2.24, 2.45) is 0 Å². The number of nitrogens with zero attached hydrogens (tertiary/aromatic N) is 3. The predicted molar refractivity (Wildman–Crippen MR) is 58.4 cm³/mol. The molecule has 0 bridgehead atoms. The van der Waals surface area contributed by atoms with Gasteiger partial charge < -0.3 is 16.2 Å². The smallest absolute Gasteiger partial charge is 0.241 e. The minimum Gasteiger partial charge on any atom is -0.393 e. The molecule has 1 amide bonds. The second-order valence-corrected chi connectivity index (χ2v) is 3.50. The fourth-order valence-electron chi connectivity index (χ4n) is 1.17. The van der Waals surface area contributed by atoms with Crippen LogP contribution < -0.4 is 11.1 Å². The maximum atomic E-state index is 11.4. The fourth-order valence-corrected chi connectivity index (χ4v) is 1.17. The third-order valence-electron chi connectivity index (χ3n) is 2.13. The monoisotopic (exact) mass is 227 g/mol. The van der Waals surface area contributed by atoms with Gasteiger partial charge in [-0.1, -0.05) is 6.92 Å². The molecule has 7 nitrogen and oxygen atoms in total. The van der Waals surface area contributed by atoms with Gasteiger partial charge in [0.25, 0.3) is 0 Å². The highest BCUT2D eigenvalue weighted by molar-refractivity contribution is 5.75. The van der Waals surface area contributed by atoms with Crippen molar-refractivity contribution in [3.8, 4) is 0 Å². The minimum absolute atomic E-state index is 0.0897. The van der Waals surface area contributed by atoms with Gasteiger partial charge in [0, 0.05) is 6.54 Å². The van der Waals surface area contributed by atoms with E-state index in [2.05, 4.69) is 15.4 Å². The summed E-state index contributed by atoms with van der Waals surface area (Å²) >= 11 is 0. The Morgan fingerprint density at radius 1 is 1.75 bits per heavy atom. The number of amides is 1. The van der Waals surface area contributed by atoms with E-state index in [0.29, 0.717) is 19.4 Å². The Morgan fingerprint density at radius 3 is 3.06 bits per heavy atom. The largest absolute Gasteiger partial charge is 0.393 e. The van der Waals surface area contributed by atoms with Crippen LogP contribution >= 0.6 is 0 Å². The van der Waals surface area contributed by atoms with Crippen molar-refractivity contribution in [3.05, 3.63) is 6.33 Å². The van der Waals surface area contributed by atoms with Crippen molar-refractivity contribution >= 4 is 11.9 Å². The number of carbonyl (C=O) groups excluding carboxylic acids is 1. The van der Waals surface area contributed by atoms with Gasteiger partial charge in [-0.25, -0.2) is 9.67 Å². The summed E-state index contributed by atoms with van der Waals surface area (Å²) in [6.07, 6.45) is 2.29. The molecule has 0 aromatic carbocycles. The van der Waals surface area contributed by atoms with E-state index >= 15 is 0 Å². The average Bonchev–Trinajstić information content (AvgIpc) is 2.63. The lowest BCUT2D eigenvalue weighted by molar-refractivity contribution is -0.121. The molecule has 16 heavy (non-hydrogen) atoms. The van der Waals surface area contributed by atoms with Gasteiger partial charge in [-0.3, -0.25) is 4.79 Å². The molecular formula is C9H17N5O2. The average molecular weight is 227 g/mol. The summed E-state index contributed by atoms with van der Waals surface area (Å²) in [7, 11) is 0. The number of anilines is 1. The van der Waals surface area contributed by atoms with Gasteiger partial charge in [0.2, 0.25) is 11.9 Å². The molecule has 1 heterocycles. The number of rotatable bonds is 6. The first kappa shape index (κ1) is 12.4. The first-order chi connectivity index (χ1) is 7.61. The summed E-state index contributed by atoms with van der Waals surface area (Å²) in [5, 5.41) is 15.7. The summed E-state index contributed by atoms with van der Waals surface area (Å²) in [4.78, 5) is 15.1. The molecule has 0 fully saturated rings. The van der Waals surface area contributed by atoms with E-state index in [9.17, 15) is 9.90 Å². The molecule has 0 aliphatic rings. The third kappa shape index (κ3) is 4.26. The van der Waals surface area contributed by atoms with Crippen LogP contribution in [-0.2, 0) is 11.3 Å². The second-order valence-electron chi connectivity index (χ2n) is 3.50. The standard InChI is InChI=1S/C9H17N5O2/c1-2-7(15)3-4-11-8(16)5-14-6-12-9(10)13-14/h6-7,15H,2-5H2,1H3,(H2,10,13)(H,11,16). The molecule has 0 saturated carbocycles. The molecule has 0 aliphatic heterocycles. The Morgan fingerprint density at radius 2 is 2.50 bits per heavy atom. The topological polar surface area (TPSA) is 106 Å². The lowest BCUT2D eigenvalue weighted by Crippen LogP contribution is -2.30. The first-order valence-electron chi connectivity index (χ1n) is 5.21. The molecule has 0 aliphatic carbocycles. The zero-order valence-electron chi connectivity index (χ0n) is 9.26. The normalized spacial score (nSPS) is 12.4. The molecule has 4 N–H and O–H groups in total. The van der Waals surface area contributed by atoms with E-state index in [0.717, 1.165) is 0 Å². The number of hydrogen-bond acceptors (Lipinski definition) is 5. The Balaban J connectivity index is 2.21. The molecule has 1 aromatic heterocycles. The molecule has 7 heteroatoms. The van der Waals surface area contributed by atoms with Crippen LogP contribution in [0.5, 0.6) is 0 Å². The number of nitrogen functional groups attached to an aromatic ring is 1. The quantitative estimate of drug-likeness (QED) is 0.586. The Kier molecular flexibility index (Phi) is 4.71. The Bertz CT molecular complexity index is 338. The lowest BCUT2D eigenvalue weighted by atomic mass is 10.2. The summed E-state index contributed by atoms with van der Waals surface area (Å²) < 4.78 is 1.36. The SMILES string of the molecule is CCC(O)CCNC(=O)Cn1cnc(N)n1. The summed E-state index contributed by atoms with van der Waals surface area (Å²) in [5.41, 5.74) is 5.30. The van der Waals surface area contributed by atoms with E-state index in [-0.39, 0.29) is 24.5 Å². The highest BCUT2D eigenvalue weighted by Gasteiger charge is 2.05. The summed E-state index contributed by atoms with van der Waals surface area (Å²) in [6, 6.07) is 0. The number of nitrogens with two attached hydrogens (primary N) is 1. The second kappa shape index (κ2) is 6.06. The maximum absolute atomic E-state index is 11.4. The number of aliphatic hydroxyl groups excluding tert-OH is 1. The number of hydrogen-bond donors (Lipinski definition) is 3. The molecular weight excluding hydrogens is 210 g/mol. The first-order valence-corrected chi connectivity index (χ1v) is 5.21. The Labute approximate surface area is 93.7 Å². The molecule has 0 spiro atoms. The van der Waals surface area contributed by atoms with Gasteiger partial charge in [-0.2, -0.15) is 0 Å². The lowest BCUT2D eigenvalue weighted by Gasteiger charge is -2.08. The van der Waals surface area contributed by atoms with Crippen molar-refractivity contribution in [1.29, 1.82) is 0 Å². The zero-order valence-corrected chi connectivity index (χ0v) is 9.26. The molecule has 1 rings (SSSR count). The highest BCUT2D eigenvalue weighted by Crippen LogP contribution is 1.94. The van der Waals surface area contributed by atoms with Crippen molar-refractivity contribution in [2.45, 2.75) is 32.4 Å². The van der Waals surface area contributed by atoms with Crippen LogP contribution in [-0.4, -0.2) is 38.4 Å². The number of aliphatic hydroxyl groups is 1. The van der Waals surface area contributed by atoms with Crippen molar-refractivity contribution < 1.29 is 9.90 Å². The number of nitrogens with one attached hydrogen (secondary N) is 1. The van der Waals surface area contributed by atoms with E-state index in [4.69, 9.17) is 5.73 Å². The number of aromatic nitrogens is 3. The van der Waals surface area contributed by atoms with Crippen LogP contribution in [0.1, 0.15) is 19.8 Å². The van der Waals surface area contributed by atoms with Crippen molar-refractivity contribution in [3.63, 3.8) is 0 Å². The van der Waals surface area contributed by atoms with E-state index in [1.54, 1.807) is 0 Å². The van der Waals surface area contributed by atoms with Gasteiger partial charge in [0.05, 0.1) is 6.10 Å². The Hall–Kier alpha value is -1.63. The summed E-state index contributed by atoms with van der Waals surface area (Å²) in [5.74, 6) is -0.0255. The van der Waals surface area contributed by atoms with E-state index in [1.165, 1.54) is 11.0 Å². The van der Waals surface area contributed by atoms with Crippen LogP contribution in [0.2, 0.25) is 0 Å². The molecule has 0 radical (unpaired) electrons. The van der Waals surface area contributed by atoms with Gasteiger partial charge >= 0.3 is 0 Å². The van der Waals surface area contributed by atoms with Crippen molar-refractivity contribution in [1.82, 2.24) is 20.1 Å². The number of carbonyl (C=O) groups is 1. The van der Waals surface area contributed by atoms with Crippen LogP contribution in [0.4, 0.5) is 5.95 Å². The highest BCUT2D eigenvalue weighted by atomic mass is 16.3. The minimum atomic E-state index is -0.359. The molecule has 0 saturated heterocycles. The van der Waals surface area contributed by atoms with Crippen LogP contribution in [0.25, 0.3) is 0 Å². The summed E-state index contributed by atoms with van der Waals surface area (Å²) in [6.45, 7) is 2.44. The fraction of sp³-hybridized carbons (Fsp3) is 0.667.